The molecule has 6 nitrogen and oxygen atoms in total. The Morgan fingerprint density at radius 3 is 2.17 bits per heavy atom. The molecule has 7 heteroatoms. The first-order chi connectivity index (χ1) is 13.6. The highest BCUT2D eigenvalue weighted by Crippen LogP contribution is 2.21. The summed E-state index contributed by atoms with van der Waals surface area (Å²) in [6.45, 7) is 3.77. The van der Waals surface area contributed by atoms with Crippen LogP contribution in [0.15, 0.2) is 54.6 Å². The number of rotatable bonds is 9. The van der Waals surface area contributed by atoms with E-state index in [1.807, 2.05) is 30.3 Å². The molecule has 0 aliphatic heterocycles. The van der Waals surface area contributed by atoms with Gasteiger partial charge in [0.2, 0.25) is 0 Å². The Morgan fingerprint density at radius 2 is 1.62 bits per heavy atom. The molecule has 156 valence electrons. The van der Waals surface area contributed by atoms with Gasteiger partial charge < -0.3 is 10.1 Å². The third kappa shape index (κ3) is 8.07. The van der Waals surface area contributed by atoms with E-state index < -0.39 is 15.8 Å². The summed E-state index contributed by atoms with van der Waals surface area (Å²) in [4.78, 5) is 24.5. The highest BCUT2D eigenvalue weighted by molar-refractivity contribution is 7.89. The summed E-state index contributed by atoms with van der Waals surface area (Å²) >= 11 is 0. The zero-order valence-corrected chi connectivity index (χ0v) is 17.7. The maximum Gasteiger partial charge on any atom is 0.338 e. The van der Waals surface area contributed by atoms with Crippen LogP contribution in [-0.4, -0.2) is 33.2 Å². The average Bonchev–Trinajstić information content (AvgIpc) is 2.65. The van der Waals surface area contributed by atoms with E-state index in [1.165, 1.54) is 12.1 Å². The van der Waals surface area contributed by atoms with Crippen LogP contribution in [0.25, 0.3) is 0 Å². The number of hydrogen-bond donors (Lipinski definition) is 1. The lowest BCUT2D eigenvalue weighted by Crippen LogP contribution is -2.33. The van der Waals surface area contributed by atoms with Gasteiger partial charge in [-0.15, -0.1) is 0 Å². The minimum atomic E-state index is -3.14. The lowest BCUT2D eigenvalue weighted by atomic mass is 9.97. The number of amides is 1. The zero-order valence-electron chi connectivity index (χ0n) is 16.9. The number of sulfone groups is 1. The molecule has 1 atom stereocenters. The van der Waals surface area contributed by atoms with Gasteiger partial charge in [-0.3, -0.25) is 4.79 Å². The van der Waals surface area contributed by atoms with E-state index in [0.717, 1.165) is 18.2 Å². The minimum Gasteiger partial charge on any atom is -0.452 e. The molecule has 0 saturated carbocycles. The van der Waals surface area contributed by atoms with Crippen molar-refractivity contribution in [3.63, 3.8) is 0 Å². The molecule has 2 aromatic carbocycles. The topological polar surface area (TPSA) is 89.5 Å². The van der Waals surface area contributed by atoms with Crippen molar-refractivity contribution in [2.45, 2.75) is 32.1 Å². The predicted octanol–water partition coefficient (Wildman–Crippen LogP) is 3.29. The smallest absolute Gasteiger partial charge is 0.338 e. The number of nitrogens with one attached hydrogen (secondary N) is 1. The molecule has 0 saturated heterocycles. The quantitative estimate of drug-likeness (QED) is 0.633. The van der Waals surface area contributed by atoms with Crippen LogP contribution in [-0.2, 0) is 25.1 Å². The monoisotopic (exact) mass is 417 g/mol. The lowest BCUT2D eigenvalue weighted by Gasteiger charge is -2.21. The van der Waals surface area contributed by atoms with Crippen molar-refractivity contribution in [1.29, 1.82) is 0 Å². The summed E-state index contributed by atoms with van der Waals surface area (Å²) in [5.74, 6) is -0.720. The molecule has 1 amide bonds. The Morgan fingerprint density at radius 1 is 1.00 bits per heavy atom. The molecule has 1 N–H and O–H groups in total. The van der Waals surface area contributed by atoms with Crippen molar-refractivity contribution >= 4 is 21.7 Å². The fourth-order valence-corrected chi connectivity index (χ4v) is 3.72. The Bertz CT molecular complexity index is 921. The summed E-state index contributed by atoms with van der Waals surface area (Å²) in [5, 5.41) is 2.92. The van der Waals surface area contributed by atoms with Crippen LogP contribution in [0, 0.1) is 5.92 Å². The Labute approximate surface area is 172 Å². The van der Waals surface area contributed by atoms with Crippen LogP contribution >= 0.6 is 0 Å². The highest BCUT2D eigenvalue weighted by atomic mass is 32.2. The van der Waals surface area contributed by atoms with Crippen molar-refractivity contribution in [1.82, 2.24) is 5.32 Å². The number of hydrogen-bond acceptors (Lipinski definition) is 5. The van der Waals surface area contributed by atoms with Crippen molar-refractivity contribution in [2.75, 3.05) is 12.9 Å². The van der Waals surface area contributed by atoms with Gasteiger partial charge in [-0.25, -0.2) is 13.2 Å². The number of esters is 1. The maximum absolute atomic E-state index is 12.3. The molecule has 0 spiro atoms. The van der Waals surface area contributed by atoms with Gasteiger partial charge in [-0.05, 0) is 35.6 Å². The minimum absolute atomic E-state index is 0.0958. The summed E-state index contributed by atoms with van der Waals surface area (Å²) in [6.07, 6.45) is 1.92. The molecule has 0 unspecified atom stereocenters. The first-order valence-electron chi connectivity index (χ1n) is 9.42. The molecule has 0 radical (unpaired) electrons. The van der Waals surface area contributed by atoms with Gasteiger partial charge in [-0.2, -0.15) is 0 Å². The average molecular weight is 418 g/mol. The number of ether oxygens (including phenoxy) is 1. The molecular formula is C22H27NO5S. The van der Waals surface area contributed by atoms with Gasteiger partial charge in [-0.1, -0.05) is 56.3 Å². The van der Waals surface area contributed by atoms with Crippen molar-refractivity contribution < 1.29 is 22.7 Å². The van der Waals surface area contributed by atoms with E-state index in [-0.39, 0.29) is 29.9 Å². The van der Waals surface area contributed by atoms with Crippen LogP contribution < -0.4 is 5.32 Å². The van der Waals surface area contributed by atoms with E-state index in [2.05, 4.69) is 19.2 Å². The van der Waals surface area contributed by atoms with Crippen molar-refractivity contribution in [2.24, 2.45) is 5.92 Å². The van der Waals surface area contributed by atoms with E-state index >= 15 is 0 Å². The summed E-state index contributed by atoms with van der Waals surface area (Å²) in [7, 11) is -3.14. The lowest BCUT2D eigenvalue weighted by molar-refractivity contribution is -0.125. The van der Waals surface area contributed by atoms with Gasteiger partial charge in [0.15, 0.2) is 16.4 Å². The number of carbonyl (C=O) groups is 2. The molecule has 0 bridgehead atoms. The number of benzene rings is 2. The van der Waals surface area contributed by atoms with Crippen LogP contribution in [0.2, 0.25) is 0 Å². The van der Waals surface area contributed by atoms with Gasteiger partial charge in [0, 0.05) is 6.26 Å². The van der Waals surface area contributed by atoms with Gasteiger partial charge in [0.25, 0.3) is 5.91 Å². The molecule has 0 aromatic heterocycles. The zero-order chi connectivity index (χ0) is 21.4. The third-order valence-electron chi connectivity index (χ3n) is 4.20. The first kappa shape index (κ1) is 22.6. The van der Waals surface area contributed by atoms with Gasteiger partial charge >= 0.3 is 5.97 Å². The van der Waals surface area contributed by atoms with Gasteiger partial charge in [0.05, 0.1) is 17.4 Å². The molecule has 0 fully saturated rings. The van der Waals surface area contributed by atoms with E-state index in [9.17, 15) is 18.0 Å². The molecule has 0 aliphatic carbocycles. The predicted molar refractivity (Wildman–Crippen MR) is 112 cm³/mol. The first-order valence-corrected chi connectivity index (χ1v) is 11.5. The Balaban J connectivity index is 1.92. The fraction of sp³-hybridized carbons (Fsp3) is 0.364. The van der Waals surface area contributed by atoms with E-state index in [1.54, 1.807) is 12.1 Å². The largest absolute Gasteiger partial charge is 0.452 e. The second kappa shape index (κ2) is 10.2. The van der Waals surface area contributed by atoms with Crippen LogP contribution in [0.4, 0.5) is 0 Å². The maximum atomic E-state index is 12.3. The Kier molecular flexibility index (Phi) is 7.96. The summed E-state index contributed by atoms with van der Waals surface area (Å²) < 4.78 is 27.7. The second-order valence-corrected chi connectivity index (χ2v) is 9.64. The fourth-order valence-electron chi connectivity index (χ4n) is 2.93. The molecule has 29 heavy (non-hydrogen) atoms. The summed E-state index contributed by atoms with van der Waals surface area (Å²) in [6, 6.07) is 15.6. The summed E-state index contributed by atoms with van der Waals surface area (Å²) in [5.41, 5.74) is 1.85. The molecule has 2 rings (SSSR count). The molecular weight excluding hydrogens is 390 g/mol. The normalized spacial score (nSPS) is 12.4. The SMILES string of the molecule is CC(C)C[C@H](NC(=O)COC(=O)c1ccc(CS(C)(=O)=O)cc1)c1ccccc1. The van der Waals surface area contributed by atoms with Crippen LogP contribution in [0.3, 0.4) is 0 Å². The molecule has 2 aromatic rings. The van der Waals surface area contributed by atoms with Crippen molar-refractivity contribution in [3.8, 4) is 0 Å². The van der Waals surface area contributed by atoms with E-state index in [0.29, 0.717) is 11.5 Å². The van der Waals surface area contributed by atoms with Gasteiger partial charge in [0.1, 0.15) is 0 Å². The Hall–Kier alpha value is -2.67. The third-order valence-corrected chi connectivity index (χ3v) is 5.05. The van der Waals surface area contributed by atoms with Crippen LogP contribution in [0.5, 0.6) is 0 Å². The molecule has 0 heterocycles. The standard InChI is InChI=1S/C22H27NO5S/c1-16(2)13-20(18-7-5-4-6-8-18)23-21(24)14-28-22(25)19-11-9-17(10-12-19)15-29(3,26)27/h4-12,16,20H,13-15H2,1-3H3,(H,23,24)/t20-/m0/s1. The number of carbonyl (C=O) groups excluding carboxylic acids is 2. The van der Waals surface area contributed by atoms with Crippen molar-refractivity contribution in [3.05, 3.63) is 71.3 Å². The second-order valence-electron chi connectivity index (χ2n) is 7.50. The highest BCUT2D eigenvalue weighted by Gasteiger charge is 2.17. The van der Waals surface area contributed by atoms with E-state index in [4.69, 9.17) is 4.74 Å². The van der Waals surface area contributed by atoms with Crippen LogP contribution in [0.1, 0.15) is 47.8 Å². The molecule has 0 aliphatic rings.